The Labute approximate surface area is 169 Å². The van der Waals surface area contributed by atoms with Gasteiger partial charge in [-0.25, -0.2) is 4.98 Å². The van der Waals surface area contributed by atoms with Crippen LogP contribution in [0.15, 0.2) is 16.9 Å². The Morgan fingerprint density at radius 2 is 1.90 bits per heavy atom. The van der Waals surface area contributed by atoms with Crippen LogP contribution in [-0.2, 0) is 16.0 Å². The number of nitrogens with zero attached hydrogens (tertiary/aromatic N) is 3. The van der Waals surface area contributed by atoms with E-state index in [0.29, 0.717) is 17.8 Å². The van der Waals surface area contributed by atoms with Gasteiger partial charge < -0.3 is 10.6 Å². The number of H-pyrrole nitrogens is 1. The zero-order valence-electron chi connectivity index (χ0n) is 17.0. The molecule has 3 N–H and O–H groups in total. The fourth-order valence-corrected chi connectivity index (χ4v) is 3.58. The molecular weight excluding hydrogens is 372 g/mol. The minimum Gasteiger partial charge on any atom is -0.345 e. The van der Waals surface area contributed by atoms with Gasteiger partial charge in [0, 0.05) is 23.9 Å². The van der Waals surface area contributed by atoms with E-state index >= 15 is 0 Å². The van der Waals surface area contributed by atoms with Crippen LogP contribution in [0.2, 0.25) is 0 Å². The molecule has 0 unspecified atom stereocenters. The molecule has 3 rings (SSSR count). The first kappa shape index (κ1) is 20.8. The first-order valence-electron chi connectivity index (χ1n) is 10.3. The molecule has 0 atom stereocenters. The maximum absolute atomic E-state index is 12.4. The van der Waals surface area contributed by atoms with Gasteiger partial charge in [-0.05, 0) is 26.2 Å². The third-order valence-corrected chi connectivity index (χ3v) is 4.96. The monoisotopic (exact) mass is 400 g/mol. The molecule has 0 aromatic carbocycles. The molecule has 1 aliphatic carbocycles. The Morgan fingerprint density at radius 1 is 1.17 bits per heavy atom. The van der Waals surface area contributed by atoms with Gasteiger partial charge in [0.2, 0.25) is 5.95 Å². The van der Waals surface area contributed by atoms with E-state index in [1.807, 2.05) is 6.92 Å². The second kappa shape index (κ2) is 9.49. The summed E-state index contributed by atoms with van der Waals surface area (Å²) < 4.78 is 1.34. The van der Waals surface area contributed by atoms with Crippen LogP contribution >= 0.6 is 0 Å². The van der Waals surface area contributed by atoms with Crippen molar-refractivity contribution in [2.24, 2.45) is 0 Å². The minimum absolute atomic E-state index is 0.0335. The van der Waals surface area contributed by atoms with Crippen LogP contribution in [0, 0.1) is 6.92 Å². The van der Waals surface area contributed by atoms with Gasteiger partial charge >= 0.3 is 11.8 Å². The molecule has 0 bridgehead atoms. The van der Waals surface area contributed by atoms with Crippen molar-refractivity contribution in [2.45, 2.75) is 71.3 Å². The number of rotatable bonds is 5. The Kier molecular flexibility index (Phi) is 6.79. The summed E-state index contributed by atoms with van der Waals surface area (Å²) in [6, 6.07) is 3.11. The van der Waals surface area contributed by atoms with Crippen molar-refractivity contribution in [2.75, 3.05) is 5.32 Å². The largest absolute Gasteiger partial charge is 0.345 e. The Bertz CT molecular complexity index is 925. The molecule has 9 heteroatoms. The molecule has 2 heterocycles. The van der Waals surface area contributed by atoms with Gasteiger partial charge in [0.25, 0.3) is 5.56 Å². The van der Waals surface area contributed by atoms with E-state index in [9.17, 15) is 14.4 Å². The van der Waals surface area contributed by atoms with E-state index in [1.165, 1.54) is 23.6 Å². The van der Waals surface area contributed by atoms with Gasteiger partial charge in [0.05, 0.1) is 5.69 Å². The molecular formula is C20H28N6O3. The van der Waals surface area contributed by atoms with Gasteiger partial charge in [-0.15, -0.1) is 0 Å². The topological polar surface area (TPSA) is 122 Å². The number of anilines is 1. The van der Waals surface area contributed by atoms with Crippen molar-refractivity contribution in [3.8, 4) is 5.95 Å². The molecule has 2 aromatic rings. The summed E-state index contributed by atoms with van der Waals surface area (Å²) in [5.74, 6) is -0.945. The van der Waals surface area contributed by atoms with Gasteiger partial charge in [-0.1, -0.05) is 39.0 Å². The van der Waals surface area contributed by atoms with Crippen LogP contribution in [0.3, 0.4) is 0 Å². The number of aromatic nitrogens is 4. The second-order valence-corrected chi connectivity index (χ2v) is 7.51. The van der Waals surface area contributed by atoms with Crippen molar-refractivity contribution >= 4 is 17.6 Å². The number of hydrogen-bond acceptors (Lipinski definition) is 5. The Morgan fingerprint density at radius 3 is 2.59 bits per heavy atom. The van der Waals surface area contributed by atoms with Crippen LogP contribution in [-0.4, -0.2) is 37.6 Å². The molecule has 9 nitrogen and oxygen atoms in total. The lowest BCUT2D eigenvalue weighted by Crippen LogP contribution is -2.41. The van der Waals surface area contributed by atoms with E-state index in [0.717, 1.165) is 32.1 Å². The molecule has 1 saturated carbocycles. The molecule has 156 valence electrons. The van der Waals surface area contributed by atoms with Crippen molar-refractivity contribution in [3.63, 3.8) is 0 Å². The molecule has 1 fully saturated rings. The fourth-order valence-electron chi connectivity index (χ4n) is 3.58. The predicted molar refractivity (Wildman–Crippen MR) is 109 cm³/mol. The number of amides is 2. The van der Waals surface area contributed by atoms with Crippen molar-refractivity contribution in [3.05, 3.63) is 33.9 Å². The highest BCUT2D eigenvalue weighted by Gasteiger charge is 2.22. The molecule has 2 amide bonds. The molecule has 0 radical (unpaired) electrons. The third-order valence-electron chi connectivity index (χ3n) is 4.96. The number of carbonyl (C=O) groups excluding carboxylic acids is 2. The van der Waals surface area contributed by atoms with Crippen molar-refractivity contribution in [1.82, 2.24) is 25.1 Å². The summed E-state index contributed by atoms with van der Waals surface area (Å²) >= 11 is 0. The average Bonchev–Trinajstić information content (AvgIpc) is 2.86. The van der Waals surface area contributed by atoms with Crippen LogP contribution in [0.1, 0.15) is 63.3 Å². The molecule has 1 aliphatic rings. The second-order valence-electron chi connectivity index (χ2n) is 7.51. The zero-order valence-corrected chi connectivity index (χ0v) is 17.0. The smallest absolute Gasteiger partial charge is 0.314 e. The van der Waals surface area contributed by atoms with E-state index in [-0.39, 0.29) is 23.4 Å². The van der Waals surface area contributed by atoms with Gasteiger partial charge in [-0.2, -0.15) is 9.78 Å². The highest BCUT2D eigenvalue weighted by atomic mass is 16.2. The molecule has 0 saturated heterocycles. The average molecular weight is 400 g/mol. The standard InChI is InChI=1S/C20H28N6O3/c1-3-8-15-12-17(27)24-20(22-15)26-16(11-13(2)25-26)23-19(29)18(28)21-14-9-6-4-5-7-10-14/h11-12,14H,3-10H2,1-2H3,(H,21,28)(H,23,29)(H,22,24,27). The van der Waals surface area contributed by atoms with Crippen LogP contribution in [0.5, 0.6) is 0 Å². The third kappa shape index (κ3) is 5.52. The number of hydrogen-bond donors (Lipinski definition) is 3. The quantitative estimate of drug-likeness (QED) is 0.523. The maximum Gasteiger partial charge on any atom is 0.314 e. The highest BCUT2D eigenvalue weighted by Crippen LogP contribution is 2.18. The molecule has 2 aromatic heterocycles. The Hall–Kier alpha value is -2.97. The van der Waals surface area contributed by atoms with Crippen LogP contribution < -0.4 is 16.2 Å². The molecule has 0 spiro atoms. The van der Waals surface area contributed by atoms with E-state index < -0.39 is 11.8 Å². The van der Waals surface area contributed by atoms with Gasteiger partial charge in [0.1, 0.15) is 5.82 Å². The number of carbonyl (C=O) groups is 2. The van der Waals surface area contributed by atoms with Crippen molar-refractivity contribution in [1.29, 1.82) is 0 Å². The van der Waals surface area contributed by atoms with Crippen LogP contribution in [0.25, 0.3) is 5.95 Å². The summed E-state index contributed by atoms with van der Waals surface area (Å²) in [5.41, 5.74) is 0.964. The van der Waals surface area contributed by atoms with E-state index in [4.69, 9.17) is 0 Å². The molecule has 29 heavy (non-hydrogen) atoms. The number of nitrogens with one attached hydrogen (secondary N) is 3. The zero-order chi connectivity index (χ0) is 20.8. The lowest BCUT2D eigenvalue weighted by Gasteiger charge is -2.16. The fraction of sp³-hybridized carbons (Fsp3) is 0.550. The van der Waals surface area contributed by atoms with Crippen LogP contribution in [0.4, 0.5) is 5.82 Å². The predicted octanol–water partition coefficient (Wildman–Crippen LogP) is 1.99. The van der Waals surface area contributed by atoms with E-state index in [1.54, 1.807) is 13.0 Å². The lowest BCUT2D eigenvalue weighted by atomic mass is 10.1. The highest BCUT2D eigenvalue weighted by molar-refractivity contribution is 6.39. The molecule has 0 aliphatic heterocycles. The van der Waals surface area contributed by atoms with Gasteiger partial charge in [0.15, 0.2) is 0 Å². The summed E-state index contributed by atoms with van der Waals surface area (Å²) in [7, 11) is 0. The van der Waals surface area contributed by atoms with Crippen molar-refractivity contribution < 1.29 is 9.59 Å². The Balaban J connectivity index is 1.76. The lowest BCUT2D eigenvalue weighted by molar-refractivity contribution is -0.136. The summed E-state index contributed by atoms with van der Waals surface area (Å²) in [6.07, 6.45) is 7.74. The summed E-state index contributed by atoms with van der Waals surface area (Å²) in [6.45, 7) is 3.75. The number of aryl methyl sites for hydroxylation is 2. The number of aromatic amines is 1. The minimum atomic E-state index is -0.762. The maximum atomic E-state index is 12.4. The summed E-state index contributed by atoms with van der Waals surface area (Å²) in [4.78, 5) is 43.8. The van der Waals surface area contributed by atoms with E-state index in [2.05, 4.69) is 25.7 Å². The normalized spacial score (nSPS) is 15.0. The summed E-state index contributed by atoms with van der Waals surface area (Å²) in [5, 5.41) is 9.72. The first-order chi connectivity index (χ1) is 14.0. The SMILES string of the molecule is CCCc1cc(=O)[nH]c(-n2nc(C)cc2NC(=O)C(=O)NC2CCCCCC2)n1. The first-order valence-corrected chi connectivity index (χ1v) is 10.3. The van der Waals surface area contributed by atoms with Gasteiger partial charge in [-0.3, -0.25) is 19.4 Å².